The molecule has 1 aliphatic heterocycles. The lowest BCUT2D eigenvalue weighted by Gasteiger charge is -2.15. The van der Waals surface area contributed by atoms with Crippen LogP contribution >= 0.6 is 0 Å². The van der Waals surface area contributed by atoms with E-state index in [9.17, 15) is 27.6 Å². The van der Waals surface area contributed by atoms with Gasteiger partial charge in [0.15, 0.2) is 0 Å². The standard InChI is InChI=1S/C16H17F3N2O5/c17-16(18,19)12(23)5-3-1-2-4-10-8-21(15(25)20-14(10)24)13-7-6-11(9-22)26-13/h8,11,13,22H,3-7,9H2,(H,20,24,25)/t11-,13+/m0/s1. The number of nitrogens with one attached hydrogen (secondary N) is 1. The van der Waals surface area contributed by atoms with Gasteiger partial charge in [-0.3, -0.25) is 19.1 Å². The number of ether oxygens (including phenoxy) is 1. The molecule has 0 amide bonds. The number of hydrogen-bond donors (Lipinski definition) is 2. The molecule has 2 atom stereocenters. The summed E-state index contributed by atoms with van der Waals surface area (Å²) in [7, 11) is 0. The van der Waals surface area contributed by atoms with E-state index in [-0.39, 0.29) is 31.1 Å². The zero-order valence-corrected chi connectivity index (χ0v) is 13.6. The summed E-state index contributed by atoms with van der Waals surface area (Å²) in [4.78, 5) is 36.6. The van der Waals surface area contributed by atoms with Crippen LogP contribution in [0, 0.1) is 11.8 Å². The number of aliphatic hydroxyl groups excluding tert-OH is 1. The summed E-state index contributed by atoms with van der Waals surface area (Å²) in [5.74, 6) is 3.08. The Labute approximate surface area is 145 Å². The van der Waals surface area contributed by atoms with E-state index in [1.54, 1.807) is 0 Å². The van der Waals surface area contributed by atoms with Crippen molar-refractivity contribution in [2.24, 2.45) is 0 Å². The third-order valence-electron chi connectivity index (χ3n) is 3.84. The lowest BCUT2D eigenvalue weighted by atomic mass is 10.2. The average molecular weight is 374 g/mol. The highest BCUT2D eigenvalue weighted by atomic mass is 19.4. The fourth-order valence-electron chi connectivity index (χ4n) is 2.46. The maximum atomic E-state index is 12.1. The van der Waals surface area contributed by atoms with E-state index in [2.05, 4.69) is 16.8 Å². The van der Waals surface area contributed by atoms with Gasteiger partial charge in [-0.2, -0.15) is 13.2 Å². The number of carbonyl (C=O) groups excluding carboxylic acids is 1. The molecule has 2 N–H and O–H groups in total. The molecule has 0 aliphatic carbocycles. The monoisotopic (exact) mass is 374 g/mol. The number of ketones is 1. The van der Waals surface area contributed by atoms with E-state index in [0.29, 0.717) is 12.8 Å². The molecule has 1 aromatic rings. The van der Waals surface area contributed by atoms with Crippen molar-refractivity contribution in [2.45, 2.75) is 50.6 Å². The Morgan fingerprint density at radius 2 is 2.08 bits per heavy atom. The molecule has 1 saturated heterocycles. The normalized spacial score (nSPS) is 19.8. The van der Waals surface area contributed by atoms with Gasteiger partial charge in [-0.25, -0.2) is 4.79 Å². The number of nitrogens with zero attached hydrogens (tertiary/aromatic N) is 1. The van der Waals surface area contributed by atoms with Gasteiger partial charge >= 0.3 is 11.9 Å². The van der Waals surface area contributed by atoms with Crippen molar-refractivity contribution in [3.63, 3.8) is 0 Å². The second-order valence-electron chi connectivity index (χ2n) is 5.74. The Morgan fingerprint density at radius 1 is 1.35 bits per heavy atom. The highest BCUT2D eigenvalue weighted by molar-refractivity contribution is 5.84. The predicted molar refractivity (Wildman–Crippen MR) is 83.3 cm³/mol. The summed E-state index contributed by atoms with van der Waals surface area (Å²) in [6.07, 6.45) is -4.64. The molecule has 0 bridgehead atoms. The van der Waals surface area contributed by atoms with Crippen LogP contribution < -0.4 is 11.2 Å². The zero-order chi connectivity index (χ0) is 19.3. The van der Waals surface area contributed by atoms with E-state index >= 15 is 0 Å². The number of carbonyl (C=O) groups is 1. The van der Waals surface area contributed by atoms with Crippen LogP contribution in [0.15, 0.2) is 15.8 Å². The molecule has 7 nitrogen and oxygen atoms in total. The number of aromatic nitrogens is 2. The van der Waals surface area contributed by atoms with Crippen molar-refractivity contribution in [2.75, 3.05) is 6.61 Å². The fraction of sp³-hybridized carbons (Fsp3) is 0.562. The highest BCUT2D eigenvalue weighted by Crippen LogP contribution is 2.26. The second kappa shape index (κ2) is 8.33. The highest BCUT2D eigenvalue weighted by Gasteiger charge is 2.37. The van der Waals surface area contributed by atoms with Gasteiger partial charge in [0.25, 0.3) is 5.56 Å². The number of halogens is 3. The summed E-state index contributed by atoms with van der Waals surface area (Å²) >= 11 is 0. The first-order valence-corrected chi connectivity index (χ1v) is 7.88. The molecule has 142 valence electrons. The first-order valence-electron chi connectivity index (χ1n) is 7.88. The van der Waals surface area contributed by atoms with E-state index in [1.165, 1.54) is 10.8 Å². The van der Waals surface area contributed by atoms with Gasteiger partial charge in [0.05, 0.1) is 12.7 Å². The average Bonchev–Trinajstić information content (AvgIpc) is 3.04. The number of aliphatic hydroxyl groups is 1. The molecule has 0 aromatic carbocycles. The van der Waals surface area contributed by atoms with Gasteiger partial charge in [0.2, 0.25) is 5.78 Å². The van der Waals surface area contributed by atoms with Crippen molar-refractivity contribution in [3.8, 4) is 11.8 Å². The quantitative estimate of drug-likeness (QED) is 0.738. The summed E-state index contributed by atoms with van der Waals surface area (Å²) in [5.41, 5.74) is -1.16. The minimum absolute atomic E-state index is 0.0913. The number of Topliss-reactive ketones (excluding diaryl/α,β-unsaturated/α-hetero) is 1. The van der Waals surface area contributed by atoms with Crippen molar-refractivity contribution in [3.05, 3.63) is 32.6 Å². The van der Waals surface area contributed by atoms with Crippen molar-refractivity contribution < 1.29 is 27.8 Å². The summed E-state index contributed by atoms with van der Waals surface area (Å²) in [6.45, 7) is -0.177. The van der Waals surface area contributed by atoms with E-state index in [1.807, 2.05) is 0 Å². The van der Waals surface area contributed by atoms with Crippen LogP contribution in [0.2, 0.25) is 0 Å². The van der Waals surface area contributed by atoms with E-state index in [4.69, 9.17) is 9.84 Å². The van der Waals surface area contributed by atoms with Crippen molar-refractivity contribution in [1.29, 1.82) is 0 Å². The molecule has 2 rings (SSSR count). The Hall–Kier alpha value is -2.38. The van der Waals surface area contributed by atoms with Crippen LogP contribution in [0.4, 0.5) is 13.2 Å². The van der Waals surface area contributed by atoms with Crippen LogP contribution in [0.5, 0.6) is 0 Å². The third kappa shape index (κ3) is 5.06. The number of hydrogen-bond acceptors (Lipinski definition) is 5. The molecule has 2 heterocycles. The van der Waals surface area contributed by atoms with Gasteiger partial charge in [0.1, 0.15) is 6.23 Å². The molecule has 1 aromatic heterocycles. The van der Waals surface area contributed by atoms with Gasteiger partial charge in [-0.05, 0) is 12.8 Å². The Kier molecular flexibility index (Phi) is 6.39. The maximum absolute atomic E-state index is 12.1. The molecule has 0 unspecified atom stereocenters. The number of aromatic amines is 1. The molecule has 0 saturated carbocycles. The van der Waals surface area contributed by atoms with Crippen LogP contribution in [-0.2, 0) is 16.0 Å². The molecule has 1 aliphatic rings. The molecule has 0 spiro atoms. The number of rotatable bonds is 5. The SMILES string of the molecule is O=C(CCC#CCc1cn([C@H]2CC[C@@H](CO)O2)c(=O)[nH]c1=O)C(F)(F)F. The number of H-pyrrole nitrogens is 1. The number of alkyl halides is 3. The Balaban J connectivity index is 2.03. The van der Waals surface area contributed by atoms with Gasteiger partial charge in [-0.15, -0.1) is 5.92 Å². The molecular weight excluding hydrogens is 357 g/mol. The van der Waals surface area contributed by atoms with Crippen molar-refractivity contribution >= 4 is 5.78 Å². The van der Waals surface area contributed by atoms with Crippen LogP contribution in [0.1, 0.15) is 37.5 Å². The van der Waals surface area contributed by atoms with Crippen LogP contribution in [0.3, 0.4) is 0 Å². The topological polar surface area (TPSA) is 101 Å². The minimum Gasteiger partial charge on any atom is -0.394 e. The van der Waals surface area contributed by atoms with Gasteiger partial charge in [-0.1, -0.05) is 5.92 Å². The fourth-order valence-corrected chi connectivity index (χ4v) is 2.46. The van der Waals surface area contributed by atoms with Crippen LogP contribution in [-0.4, -0.2) is 39.3 Å². The smallest absolute Gasteiger partial charge is 0.394 e. The Bertz CT molecular complexity index is 831. The third-order valence-corrected chi connectivity index (χ3v) is 3.84. The molecule has 1 fully saturated rings. The summed E-state index contributed by atoms with van der Waals surface area (Å²) < 4.78 is 42.8. The first kappa shape index (κ1) is 19.9. The van der Waals surface area contributed by atoms with E-state index in [0.717, 1.165) is 0 Å². The minimum atomic E-state index is -4.87. The summed E-state index contributed by atoms with van der Waals surface area (Å²) in [5, 5.41) is 9.07. The predicted octanol–water partition coefficient (Wildman–Crippen LogP) is 0.664. The molecule has 0 radical (unpaired) electrons. The zero-order valence-electron chi connectivity index (χ0n) is 13.6. The second-order valence-corrected chi connectivity index (χ2v) is 5.74. The molecule has 10 heteroatoms. The Morgan fingerprint density at radius 3 is 2.69 bits per heavy atom. The summed E-state index contributed by atoms with van der Waals surface area (Å²) in [6, 6.07) is 0. The van der Waals surface area contributed by atoms with Crippen LogP contribution in [0.25, 0.3) is 0 Å². The first-order chi connectivity index (χ1) is 12.2. The lowest BCUT2D eigenvalue weighted by Crippen LogP contribution is -2.34. The van der Waals surface area contributed by atoms with Gasteiger partial charge in [0, 0.05) is 31.0 Å². The largest absolute Gasteiger partial charge is 0.450 e. The van der Waals surface area contributed by atoms with Crippen molar-refractivity contribution in [1.82, 2.24) is 9.55 Å². The maximum Gasteiger partial charge on any atom is 0.450 e. The lowest BCUT2D eigenvalue weighted by molar-refractivity contribution is -0.170. The van der Waals surface area contributed by atoms with E-state index < -0.39 is 35.9 Å². The van der Waals surface area contributed by atoms with Gasteiger partial charge < -0.3 is 9.84 Å². The molecular formula is C16H17F3N2O5. The molecule has 26 heavy (non-hydrogen) atoms.